The van der Waals surface area contributed by atoms with Gasteiger partial charge in [0.1, 0.15) is 11.4 Å². The molecule has 1 fully saturated rings. The highest BCUT2D eigenvalue weighted by Gasteiger charge is 2.26. The Balaban J connectivity index is 2.20. The summed E-state index contributed by atoms with van der Waals surface area (Å²) in [5.74, 6) is -1.08. The zero-order valence-corrected chi connectivity index (χ0v) is 12.1. The van der Waals surface area contributed by atoms with Gasteiger partial charge in [0.05, 0.1) is 5.69 Å². The summed E-state index contributed by atoms with van der Waals surface area (Å²) in [5, 5.41) is 9.21. The molecule has 0 amide bonds. The molecule has 0 radical (unpaired) electrons. The number of carbonyl (C=O) groups is 1. The molecule has 1 aromatic rings. The maximum Gasteiger partial charge on any atom is 0.340 e. The third-order valence-corrected chi connectivity index (χ3v) is 4.53. The maximum atomic E-state index is 13.7. The van der Waals surface area contributed by atoms with Crippen LogP contribution in [-0.4, -0.2) is 24.2 Å². The Hall–Kier alpha value is -1.58. The van der Waals surface area contributed by atoms with Crippen molar-refractivity contribution in [2.24, 2.45) is 5.92 Å². The van der Waals surface area contributed by atoms with E-state index in [2.05, 4.69) is 6.92 Å². The van der Waals surface area contributed by atoms with Crippen molar-refractivity contribution < 1.29 is 14.3 Å². The fraction of sp³-hybridized carbons (Fsp3) is 0.562. The minimum absolute atomic E-state index is 0.215. The fourth-order valence-electron chi connectivity index (χ4n) is 3.16. The number of hydrogen-bond acceptors (Lipinski definition) is 2. The van der Waals surface area contributed by atoms with Crippen LogP contribution in [0, 0.1) is 11.7 Å². The Kier molecular flexibility index (Phi) is 4.63. The van der Waals surface area contributed by atoms with Gasteiger partial charge in [0, 0.05) is 13.1 Å². The van der Waals surface area contributed by atoms with Crippen molar-refractivity contribution in [1.82, 2.24) is 0 Å². The van der Waals surface area contributed by atoms with Crippen LogP contribution in [0.4, 0.5) is 10.1 Å². The lowest BCUT2D eigenvalue weighted by Gasteiger charge is -2.36. The molecule has 0 bridgehead atoms. The highest BCUT2D eigenvalue weighted by Crippen LogP contribution is 2.33. The van der Waals surface area contributed by atoms with E-state index in [1.165, 1.54) is 25.3 Å². The molecule has 0 aromatic heterocycles. The van der Waals surface area contributed by atoms with Crippen LogP contribution in [0.25, 0.3) is 0 Å². The van der Waals surface area contributed by atoms with E-state index < -0.39 is 11.8 Å². The van der Waals surface area contributed by atoms with Gasteiger partial charge in [0.15, 0.2) is 0 Å². The van der Waals surface area contributed by atoms with Crippen LogP contribution in [0.1, 0.15) is 49.4 Å². The predicted octanol–water partition coefficient (Wildman–Crippen LogP) is 3.93. The molecule has 1 aliphatic rings. The lowest BCUT2D eigenvalue weighted by molar-refractivity contribution is 0.0692. The molecule has 0 aliphatic heterocycles. The first kappa shape index (κ1) is 14.8. The van der Waals surface area contributed by atoms with E-state index in [9.17, 15) is 14.3 Å². The first-order valence-corrected chi connectivity index (χ1v) is 7.29. The van der Waals surface area contributed by atoms with E-state index in [1.54, 1.807) is 12.1 Å². The third kappa shape index (κ3) is 2.94. The summed E-state index contributed by atoms with van der Waals surface area (Å²) in [6.07, 6.45) is 5.64. The van der Waals surface area contributed by atoms with Crippen molar-refractivity contribution in [3.63, 3.8) is 0 Å². The summed E-state index contributed by atoms with van der Waals surface area (Å²) in [7, 11) is 1.87. The van der Waals surface area contributed by atoms with Gasteiger partial charge in [-0.3, -0.25) is 0 Å². The second-order valence-corrected chi connectivity index (χ2v) is 5.63. The first-order valence-electron chi connectivity index (χ1n) is 7.29. The minimum Gasteiger partial charge on any atom is -0.478 e. The Morgan fingerprint density at radius 3 is 2.55 bits per heavy atom. The van der Waals surface area contributed by atoms with Crippen LogP contribution < -0.4 is 4.90 Å². The Bertz CT molecular complexity index is 481. The first-order chi connectivity index (χ1) is 9.54. The zero-order valence-electron chi connectivity index (χ0n) is 12.1. The number of aromatic carboxylic acids is 1. The average molecular weight is 279 g/mol. The number of nitrogens with zero attached hydrogens (tertiary/aromatic N) is 1. The molecule has 1 aliphatic carbocycles. The molecule has 20 heavy (non-hydrogen) atoms. The summed E-state index contributed by atoms with van der Waals surface area (Å²) in [4.78, 5) is 13.2. The molecular weight excluding hydrogens is 257 g/mol. The Morgan fingerprint density at radius 2 is 2.00 bits per heavy atom. The topological polar surface area (TPSA) is 40.5 Å². The molecule has 2 rings (SSSR count). The normalized spacial score (nSPS) is 22.6. The van der Waals surface area contributed by atoms with Crippen molar-refractivity contribution in [3.8, 4) is 0 Å². The number of benzene rings is 1. The van der Waals surface area contributed by atoms with Gasteiger partial charge in [-0.15, -0.1) is 0 Å². The Labute approximate surface area is 119 Å². The van der Waals surface area contributed by atoms with Gasteiger partial charge < -0.3 is 10.0 Å². The largest absolute Gasteiger partial charge is 0.478 e. The third-order valence-electron chi connectivity index (χ3n) is 4.53. The second-order valence-electron chi connectivity index (χ2n) is 5.63. The monoisotopic (exact) mass is 279 g/mol. The molecule has 4 heteroatoms. The van der Waals surface area contributed by atoms with Crippen molar-refractivity contribution in [2.75, 3.05) is 11.9 Å². The van der Waals surface area contributed by atoms with E-state index in [0.29, 0.717) is 11.7 Å². The molecule has 3 nitrogen and oxygen atoms in total. The molecule has 110 valence electrons. The molecular formula is C16H22FNO2. The number of carboxylic acids is 1. The summed E-state index contributed by atoms with van der Waals surface area (Å²) in [6.45, 7) is 2.21. The van der Waals surface area contributed by atoms with Crippen molar-refractivity contribution in [3.05, 3.63) is 29.6 Å². The zero-order chi connectivity index (χ0) is 14.7. The fourth-order valence-corrected chi connectivity index (χ4v) is 3.16. The lowest BCUT2D eigenvalue weighted by atomic mass is 9.84. The average Bonchev–Trinajstić information content (AvgIpc) is 2.46. The Morgan fingerprint density at radius 1 is 1.35 bits per heavy atom. The quantitative estimate of drug-likeness (QED) is 0.907. The van der Waals surface area contributed by atoms with Crippen LogP contribution >= 0.6 is 0 Å². The molecule has 0 spiro atoms. The highest BCUT2D eigenvalue weighted by atomic mass is 19.1. The number of halogens is 1. The number of anilines is 1. The van der Waals surface area contributed by atoms with Gasteiger partial charge in [-0.05, 0) is 43.7 Å². The van der Waals surface area contributed by atoms with E-state index in [0.717, 1.165) is 18.8 Å². The van der Waals surface area contributed by atoms with Gasteiger partial charge in [-0.2, -0.15) is 0 Å². The number of rotatable bonds is 4. The molecule has 0 unspecified atom stereocenters. The molecule has 0 saturated heterocycles. The molecule has 1 saturated carbocycles. The van der Waals surface area contributed by atoms with E-state index in [4.69, 9.17) is 0 Å². The lowest BCUT2D eigenvalue weighted by Crippen LogP contribution is -2.36. The van der Waals surface area contributed by atoms with Crippen LogP contribution in [-0.2, 0) is 0 Å². The predicted molar refractivity (Wildman–Crippen MR) is 77.8 cm³/mol. The van der Waals surface area contributed by atoms with Crippen molar-refractivity contribution in [1.29, 1.82) is 0 Å². The van der Waals surface area contributed by atoms with E-state index in [-0.39, 0.29) is 5.56 Å². The van der Waals surface area contributed by atoms with Gasteiger partial charge in [0.2, 0.25) is 0 Å². The number of carboxylic acid groups (broad SMARTS) is 1. The highest BCUT2D eigenvalue weighted by molar-refractivity contribution is 5.94. The van der Waals surface area contributed by atoms with Crippen LogP contribution in [0.2, 0.25) is 0 Å². The summed E-state index contributed by atoms with van der Waals surface area (Å²) >= 11 is 0. The van der Waals surface area contributed by atoms with Crippen LogP contribution in [0.3, 0.4) is 0 Å². The standard InChI is InChI=1S/C16H22FNO2/c1-3-11-7-9-12(10-8-11)18(2)14-6-4-5-13(17)15(14)16(19)20/h4-6,11-12H,3,7-10H2,1-2H3,(H,19,20). The molecule has 1 N–H and O–H groups in total. The number of hydrogen-bond donors (Lipinski definition) is 1. The summed E-state index contributed by atoms with van der Waals surface area (Å²) < 4.78 is 13.7. The smallest absolute Gasteiger partial charge is 0.340 e. The maximum absolute atomic E-state index is 13.7. The minimum atomic E-state index is -1.20. The van der Waals surface area contributed by atoms with Crippen LogP contribution in [0.15, 0.2) is 18.2 Å². The second kappa shape index (κ2) is 6.25. The van der Waals surface area contributed by atoms with Crippen LogP contribution in [0.5, 0.6) is 0 Å². The molecule has 0 atom stereocenters. The van der Waals surface area contributed by atoms with Crippen molar-refractivity contribution in [2.45, 2.75) is 45.1 Å². The summed E-state index contributed by atoms with van der Waals surface area (Å²) in [6, 6.07) is 4.77. The molecule has 0 heterocycles. The molecule has 1 aromatic carbocycles. The van der Waals surface area contributed by atoms with Crippen molar-refractivity contribution >= 4 is 11.7 Å². The van der Waals surface area contributed by atoms with Gasteiger partial charge >= 0.3 is 5.97 Å². The SMILES string of the molecule is CCC1CCC(N(C)c2cccc(F)c2C(=O)O)CC1. The van der Waals surface area contributed by atoms with E-state index in [1.807, 2.05) is 11.9 Å². The van der Waals surface area contributed by atoms with E-state index >= 15 is 0 Å². The van der Waals surface area contributed by atoms with Gasteiger partial charge in [0.25, 0.3) is 0 Å². The van der Waals surface area contributed by atoms with Gasteiger partial charge in [-0.25, -0.2) is 9.18 Å². The van der Waals surface area contributed by atoms with Gasteiger partial charge in [-0.1, -0.05) is 19.4 Å². The summed E-state index contributed by atoms with van der Waals surface area (Å²) in [5.41, 5.74) is 0.269.